The summed E-state index contributed by atoms with van der Waals surface area (Å²) < 4.78 is 24.9. The number of aromatic amines is 1. The van der Waals surface area contributed by atoms with Crippen LogP contribution in [0.15, 0.2) is 54.7 Å². The Morgan fingerprint density at radius 3 is 2.56 bits per heavy atom. The highest BCUT2D eigenvalue weighted by atomic mass is 32.2. The van der Waals surface area contributed by atoms with E-state index in [9.17, 15) is 13.2 Å². The molecule has 0 bridgehead atoms. The first kappa shape index (κ1) is 16.7. The van der Waals surface area contributed by atoms with E-state index in [1.165, 1.54) is 6.07 Å². The third-order valence-corrected chi connectivity index (χ3v) is 3.78. The Hall–Kier alpha value is -3.20. The van der Waals surface area contributed by atoms with E-state index in [1.807, 2.05) is 6.07 Å². The molecule has 0 saturated carbocycles. The fraction of sp³-hybridized carbons (Fsp3) is 0.0625. The van der Waals surface area contributed by atoms with Crippen LogP contribution in [0.25, 0.3) is 11.4 Å². The van der Waals surface area contributed by atoms with Gasteiger partial charge >= 0.3 is 0 Å². The molecule has 9 heteroatoms. The first-order valence-electron chi connectivity index (χ1n) is 7.27. The number of carbonyl (C=O) groups is 1. The average Bonchev–Trinajstić information content (AvgIpc) is 3.04. The molecule has 0 spiro atoms. The molecule has 0 atom stereocenters. The predicted octanol–water partition coefficient (Wildman–Crippen LogP) is 2.10. The van der Waals surface area contributed by atoms with Crippen molar-refractivity contribution >= 4 is 27.3 Å². The third-order valence-electron chi connectivity index (χ3n) is 3.17. The number of hydrogen-bond acceptors (Lipinski definition) is 5. The van der Waals surface area contributed by atoms with Crippen LogP contribution in [0.3, 0.4) is 0 Å². The van der Waals surface area contributed by atoms with E-state index in [-0.39, 0.29) is 5.69 Å². The SMILES string of the molecule is CS(=O)(=O)Nc1cccc(NC(=O)c2cc(-c3ccccn3)n[nH]2)c1. The quantitative estimate of drug-likeness (QED) is 0.646. The number of aromatic nitrogens is 3. The number of pyridine rings is 1. The molecule has 8 nitrogen and oxygen atoms in total. The van der Waals surface area contributed by atoms with Gasteiger partial charge in [0, 0.05) is 11.9 Å². The van der Waals surface area contributed by atoms with Gasteiger partial charge in [-0.25, -0.2) is 8.42 Å². The maximum atomic E-state index is 12.3. The first-order valence-corrected chi connectivity index (χ1v) is 9.16. The van der Waals surface area contributed by atoms with Crippen LogP contribution >= 0.6 is 0 Å². The Morgan fingerprint density at radius 1 is 1.04 bits per heavy atom. The number of hydrogen-bond donors (Lipinski definition) is 3. The van der Waals surface area contributed by atoms with E-state index >= 15 is 0 Å². The second-order valence-corrected chi connectivity index (χ2v) is 7.04. The molecule has 3 aromatic rings. The Kier molecular flexibility index (Phi) is 4.48. The lowest BCUT2D eigenvalue weighted by Gasteiger charge is -2.07. The van der Waals surface area contributed by atoms with Gasteiger partial charge < -0.3 is 5.32 Å². The van der Waals surface area contributed by atoms with Crippen LogP contribution in [0.4, 0.5) is 11.4 Å². The molecule has 3 N–H and O–H groups in total. The van der Waals surface area contributed by atoms with E-state index < -0.39 is 15.9 Å². The Morgan fingerprint density at radius 2 is 1.84 bits per heavy atom. The number of benzene rings is 1. The summed E-state index contributed by atoms with van der Waals surface area (Å²) in [4.78, 5) is 16.5. The van der Waals surface area contributed by atoms with E-state index in [0.29, 0.717) is 22.8 Å². The monoisotopic (exact) mass is 357 g/mol. The number of sulfonamides is 1. The van der Waals surface area contributed by atoms with Crippen molar-refractivity contribution in [3.8, 4) is 11.4 Å². The predicted molar refractivity (Wildman–Crippen MR) is 94.7 cm³/mol. The second-order valence-electron chi connectivity index (χ2n) is 5.29. The van der Waals surface area contributed by atoms with Crippen LogP contribution in [0.2, 0.25) is 0 Å². The lowest BCUT2D eigenvalue weighted by Crippen LogP contribution is -2.13. The molecule has 0 aliphatic heterocycles. The molecule has 0 unspecified atom stereocenters. The Labute approximate surface area is 144 Å². The summed E-state index contributed by atoms with van der Waals surface area (Å²) in [6.07, 6.45) is 2.70. The van der Waals surface area contributed by atoms with Gasteiger partial charge in [-0.1, -0.05) is 12.1 Å². The minimum atomic E-state index is -3.39. The maximum absolute atomic E-state index is 12.3. The summed E-state index contributed by atoms with van der Waals surface area (Å²) in [7, 11) is -3.39. The largest absolute Gasteiger partial charge is 0.321 e. The first-order chi connectivity index (χ1) is 11.9. The van der Waals surface area contributed by atoms with Crippen molar-refractivity contribution in [3.05, 3.63) is 60.4 Å². The van der Waals surface area contributed by atoms with Gasteiger partial charge in [-0.05, 0) is 36.4 Å². The Bertz CT molecular complexity index is 999. The third kappa shape index (κ3) is 4.42. The highest BCUT2D eigenvalue weighted by molar-refractivity contribution is 7.92. The highest BCUT2D eigenvalue weighted by Gasteiger charge is 2.12. The molecule has 3 rings (SSSR count). The Balaban J connectivity index is 1.75. The van der Waals surface area contributed by atoms with Crippen LogP contribution in [0.1, 0.15) is 10.5 Å². The number of nitrogens with zero attached hydrogens (tertiary/aromatic N) is 2. The number of amides is 1. The maximum Gasteiger partial charge on any atom is 0.273 e. The number of anilines is 2. The molecular weight excluding hydrogens is 342 g/mol. The highest BCUT2D eigenvalue weighted by Crippen LogP contribution is 2.18. The molecular formula is C16H15N5O3S. The van der Waals surface area contributed by atoms with Crippen molar-refractivity contribution in [1.82, 2.24) is 15.2 Å². The molecule has 0 saturated heterocycles. The minimum absolute atomic E-state index is 0.266. The lowest BCUT2D eigenvalue weighted by molar-refractivity contribution is 0.102. The van der Waals surface area contributed by atoms with Gasteiger partial charge in [0.25, 0.3) is 5.91 Å². The van der Waals surface area contributed by atoms with Crippen molar-refractivity contribution in [2.24, 2.45) is 0 Å². The number of nitrogens with one attached hydrogen (secondary N) is 3. The van der Waals surface area contributed by atoms with Crippen molar-refractivity contribution in [1.29, 1.82) is 0 Å². The fourth-order valence-electron chi connectivity index (χ4n) is 2.16. The number of carbonyl (C=O) groups excluding carboxylic acids is 1. The molecule has 25 heavy (non-hydrogen) atoms. The zero-order valence-corrected chi connectivity index (χ0v) is 14.0. The topological polar surface area (TPSA) is 117 Å². The van der Waals surface area contributed by atoms with Crippen LogP contribution < -0.4 is 10.0 Å². The summed E-state index contributed by atoms with van der Waals surface area (Å²) in [5.41, 5.74) is 2.28. The van der Waals surface area contributed by atoms with Gasteiger partial charge in [0.15, 0.2) is 0 Å². The lowest BCUT2D eigenvalue weighted by atomic mass is 10.2. The average molecular weight is 357 g/mol. The molecule has 1 aromatic carbocycles. The van der Waals surface area contributed by atoms with Gasteiger partial charge in [-0.2, -0.15) is 5.10 Å². The minimum Gasteiger partial charge on any atom is -0.321 e. The van der Waals surface area contributed by atoms with E-state index in [1.54, 1.807) is 42.6 Å². The smallest absolute Gasteiger partial charge is 0.273 e. The van der Waals surface area contributed by atoms with Crippen LogP contribution in [0.5, 0.6) is 0 Å². The van der Waals surface area contributed by atoms with Crippen molar-refractivity contribution in [2.45, 2.75) is 0 Å². The molecule has 2 aromatic heterocycles. The molecule has 128 valence electrons. The van der Waals surface area contributed by atoms with Crippen LogP contribution in [0, 0.1) is 0 Å². The molecule has 0 aliphatic carbocycles. The standard InChI is InChI=1S/C16H15N5O3S/c1-25(23,24)21-12-6-4-5-11(9-12)18-16(22)15-10-14(19-20-15)13-7-2-3-8-17-13/h2-10,21H,1H3,(H,18,22)(H,19,20). The zero-order valence-electron chi connectivity index (χ0n) is 13.2. The van der Waals surface area contributed by atoms with E-state index in [0.717, 1.165) is 6.26 Å². The molecule has 0 aliphatic rings. The van der Waals surface area contributed by atoms with Gasteiger partial charge in [-0.15, -0.1) is 0 Å². The summed E-state index contributed by atoms with van der Waals surface area (Å²) in [6, 6.07) is 13.4. The van der Waals surface area contributed by atoms with Crippen molar-refractivity contribution in [2.75, 3.05) is 16.3 Å². The van der Waals surface area contributed by atoms with Gasteiger partial charge in [0.05, 0.1) is 17.6 Å². The zero-order chi connectivity index (χ0) is 17.9. The second kappa shape index (κ2) is 6.73. The molecule has 2 heterocycles. The summed E-state index contributed by atoms with van der Waals surface area (Å²) in [5, 5.41) is 9.42. The molecule has 0 fully saturated rings. The van der Waals surface area contributed by atoms with Crippen molar-refractivity contribution in [3.63, 3.8) is 0 Å². The summed E-state index contributed by atoms with van der Waals surface area (Å²) in [5.74, 6) is -0.397. The van der Waals surface area contributed by atoms with Crippen LogP contribution in [-0.4, -0.2) is 35.8 Å². The van der Waals surface area contributed by atoms with E-state index in [4.69, 9.17) is 0 Å². The van der Waals surface area contributed by atoms with Crippen LogP contribution in [-0.2, 0) is 10.0 Å². The van der Waals surface area contributed by atoms with Gasteiger partial charge in [0.2, 0.25) is 10.0 Å². The van der Waals surface area contributed by atoms with Gasteiger partial charge in [-0.3, -0.25) is 19.6 Å². The normalized spacial score (nSPS) is 11.1. The summed E-state index contributed by atoms with van der Waals surface area (Å²) >= 11 is 0. The molecule has 1 amide bonds. The van der Waals surface area contributed by atoms with Gasteiger partial charge in [0.1, 0.15) is 11.4 Å². The molecule has 0 radical (unpaired) electrons. The number of H-pyrrole nitrogens is 1. The number of rotatable bonds is 5. The fourth-order valence-corrected chi connectivity index (χ4v) is 2.71. The van der Waals surface area contributed by atoms with E-state index in [2.05, 4.69) is 25.2 Å². The van der Waals surface area contributed by atoms with Crippen molar-refractivity contribution < 1.29 is 13.2 Å². The summed E-state index contributed by atoms with van der Waals surface area (Å²) in [6.45, 7) is 0.